The number of nitriles is 1. The van der Waals surface area contributed by atoms with Crippen LogP contribution in [0.4, 0.5) is 42.8 Å². The summed E-state index contributed by atoms with van der Waals surface area (Å²) in [6.45, 7) is 4.12. The van der Waals surface area contributed by atoms with Crippen LogP contribution in [0.5, 0.6) is 0 Å². The molecule has 0 saturated carbocycles. The molecule has 4 rings (SSSR count). The number of carbonyl (C=O) groups is 1. The van der Waals surface area contributed by atoms with Gasteiger partial charge in [-0.15, -0.1) is 5.10 Å². The maximum absolute atomic E-state index is 13.9. The third-order valence-electron chi connectivity index (χ3n) is 6.81. The Kier molecular flexibility index (Phi) is 9.33. The van der Waals surface area contributed by atoms with Gasteiger partial charge in [0, 0.05) is 12.6 Å². The van der Waals surface area contributed by atoms with Crippen LogP contribution in [0.1, 0.15) is 67.7 Å². The summed E-state index contributed by atoms with van der Waals surface area (Å²) >= 11 is 0. The number of fused-ring (bicyclic) bond motifs is 1. The van der Waals surface area contributed by atoms with E-state index in [1.54, 1.807) is 26.8 Å². The van der Waals surface area contributed by atoms with Crippen molar-refractivity contribution in [3.63, 3.8) is 0 Å². The summed E-state index contributed by atoms with van der Waals surface area (Å²) < 4.78 is 88.1. The van der Waals surface area contributed by atoms with E-state index in [4.69, 9.17) is 4.74 Å². The van der Waals surface area contributed by atoms with Crippen molar-refractivity contribution in [2.75, 3.05) is 16.4 Å². The lowest BCUT2D eigenvalue weighted by Gasteiger charge is -2.43. The first kappa shape index (κ1) is 32.5. The molecular formula is C27H28F6N8O3. The molecule has 0 radical (unpaired) electrons. The van der Waals surface area contributed by atoms with Crippen LogP contribution in [0.2, 0.25) is 0 Å². The second-order valence-corrected chi connectivity index (χ2v) is 10.3. The Balaban J connectivity index is 1.93. The number of pyridine rings is 1. The summed E-state index contributed by atoms with van der Waals surface area (Å²) in [6.07, 6.45) is -10.7. The molecule has 0 aliphatic carbocycles. The number of benzene rings is 1. The third-order valence-corrected chi connectivity index (χ3v) is 6.81. The molecule has 1 aliphatic rings. The largest absolute Gasteiger partial charge is 0.446 e. The van der Waals surface area contributed by atoms with Crippen molar-refractivity contribution in [3.05, 3.63) is 58.4 Å². The molecule has 2 unspecified atom stereocenters. The number of hydrogen-bond donors (Lipinski definition) is 1. The molecule has 1 aromatic carbocycles. The van der Waals surface area contributed by atoms with Crippen LogP contribution >= 0.6 is 0 Å². The van der Waals surface area contributed by atoms with E-state index in [-0.39, 0.29) is 48.0 Å². The smallest absolute Gasteiger partial charge is 0.433 e. The molecule has 236 valence electrons. The predicted octanol–water partition coefficient (Wildman–Crippen LogP) is 5.25. The number of halogens is 6. The molecule has 0 saturated heterocycles. The monoisotopic (exact) mass is 626 g/mol. The van der Waals surface area contributed by atoms with Crippen LogP contribution in [-0.4, -0.2) is 55.1 Å². The molecule has 3 aromatic rings. The van der Waals surface area contributed by atoms with Crippen molar-refractivity contribution >= 4 is 17.7 Å². The van der Waals surface area contributed by atoms with Crippen molar-refractivity contribution in [1.29, 1.82) is 5.26 Å². The van der Waals surface area contributed by atoms with Gasteiger partial charge in [0.15, 0.2) is 0 Å². The normalized spacial score (nSPS) is 16.9. The SMILES string of the molecule is CCC1CC(N(Cc2cc(C#N)cc(C(F)(F)F)c2)c2nnn(CCO)n2)c2nc(C(F)(F)F)ccc2N1C(=O)OC(C)C. The van der Waals surface area contributed by atoms with Gasteiger partial charge in [0.1, 0.15) is 5.69 Å². The first-order valence-corrected chi connectivity index (χ1v) is 13.5. The minimum absolute atomic E-state index is 0.0151. The second-order valence-electron chi connectivity index (χ2n) is 10.3. The number of carbonyl (C=O) groups excluding carboxylic acids is 1. The number of amides is 1. The number of nitrogens with zero attached hydrogens (tertiary/aromatic N) is 8. The molecule has 3 heterocycles. The van der Waals surface area contributed by atoms with Gasteiger partial charge in [-0.05, 0) is 67.8 Å². The molecule has 44 heavy (non-hydrogen) atoms. The van der Waals surface area contributed by atoms with Gasteiger partial charge in [-0.3, -0.25) is 4.90 Å². The van der Waals surface area contributed by atoms with Crippen LogP contribution < -0.4 is 9.80 Å². The van der Waals surface area contributed by atoms with E-state index < -0.39 is 54.4 Å². The summed E-state index contributed by atoms with van der Waals surface area (Å²) in [5.74, 6) is -0.183. The Hall–Kier alpha value is -4.46. The van der Waals surface area contributed by atoms with E-state index in [9.17, 15) is 41.5 Å². The fourth-order valence-electron chi connectivity index (χ4n) is 4.94. The van der Waals surface area contributed by atoms with Crippen LogP contribution in [0.25, 0.3) is 0 Å². The lowest BCUT2D eigenvalue weighted by Crippen LogP contribution is -2.49. The second kappa shape index (κ2) is 12.6. The highest BCUT2D eigenvalue weighted by molar-refractivity contribution is 5.90. The zero-order chi connectivity index (χ0) is 32.4. The van der Waals surface area contributed by atoms with Gasteiger partial charge >= 0.3 is 18.4 Å². The zero-order valence-corrected chi connectivity index (χ0v) is 23.8. The number of aliphatic hydroxyl groups excluding tert-OH is 1. The Bertz CT molecular complexity index is 1530. The van der Waals surface area contributed by atoms with E-state index in [0.717, 1.165) is 23.0 Å². The minimum atomic E-state index is -4.86. The number of ether oxygens (including phenoxy) is 1. The molecule has 0 bridgehead atoms. The van der Waals surface area contributed by atoms with Gasteiger partial charge in [0.25, 0.3) is 5.95 Å². The van der Waals surface area contributed by atoms with Crippen molar-refractivity contribution < 1.29 is 41.0 Å². The van der Waals surface area contributed by atoms with Crippen molar-refractivity contribution in [3.8, 4) is 6.07 Å². The van der Waals surface area contributed by atoms with Gasteiger partial charge in [-0.2, -0.15) is 36.4 Å². The highest BCUT2D eigenvalue weighted by Crippen LogP contribution is 2.44. The maximum Gasteiger partial charge on any atom is 0.433 e. The van der Waals surface area contributed by atoms with E-state index >= 15 is 0 Å². The predicted molar refractivity (Wildman–Crippen MR) is 142 cm³/mol. The van der Waals surface area contributed by atoms with Crippen molar-refractivity contribution in [2.45, 2.75) is 77.2 Å². The number of aliphatic hydroxyl groups is 1. The molecule has 1 N–H and O–H groups in total. The van der Waals surface area contributed by atoms with Gasteiger partial charge in [0.2, 0.25) is 0 Å². The average molecular weight is 627 g/mol. The fraction of sp³-hybridized carbons (Fsp3) is 0.481. The number of hydrogen-bond acceptors (Lipinski definition) is 9. The van der Waals surface area contributed by atoms with E-state index in [2.05, 4.69) is 20.4 Å². The summed E-state index contributed by atoms with van der Waals surface area (Å²) in [6, 6.07) is 4.51. The number of alkyl halides is 6. The molecule has 1 aliphatic heterocycles. The standard InChI is InChI=1S/C27H28F6N8O3/c1-4-19-12-21(23-20(41(19)25(43)44-15(2)3)5-6-22(35-23)27(31,32)33)39(24-36-38-40(37-24)7-8-42)14-17-9-16(13-34)10-18(11-17)26(28,29)30/h5-6,9-11,15,19,21,42H,4,7-8,12,14H2,1-3H3. The minimum Gasteiger partial charge on any atom is -0.446 e. The molecule has 0 fully saturated rings. The quantitative estimate of drug-likeness (QED) is 0.333. The Morgan fingerprint density at radius 1 is 1.18 bits per heavy atom. The highest BCUT2D eigenvalue weighted by atomic mass is 19.4. The van der Waals surface area contributed by atoms with E-state index in [1.807, 2.05) is 0 Å². The van der Waals surface area contributed by atoms with Gasteiger partial charge < -0.3 is 14.7 Å². The molecule has 1 amide bonds. The first-order valence-electron chi connectivity index (χ1n) is 13.5. The lowest BCUT2D eigenvalue weighted by molar-refractivity contribution is -0.141. The van der Waals surface area contributed by atoms with Crippen LogP contribution in [0.15, 0.2) is 30.3 Å². The fourth-order valence-corrected chi connectivity index (χ4v) is 4.94. The number of aromatic nitrogens is 5. The van der Waals surface area contributed by atoms with Crippen LogP contribution in [-0.2, 0) is 30.2 Å². The summed E-state index contributed by atoms with van der Waals surface area (Å²) in [5.41, 5.74) is -2.85. The Morgan fingerprint density at radius 2 is 1.91 bits per heavy atom. The Labute approximate surface area is 247 Å². The van der Waals surface area contributed by atoms with E-state index in [0.29, 0.717) is 12.5 Å². The summed E-state index contributed by atoms with van der Waals surface area (Å²) in [4.78, 5) is 20.6. The van der Waals surface area contributed by atoms with E-state index in [1.165, 1.54) is 15.9 Å². The molecule has 2 aromatic heterocycles. The highest BCUT2D eigenvalue weighted by Gasteiger charge is 2.43. The van der Waals surface area contributed by atoms with Gasteiger partial charge in [-0.25, -0.2) is 9.78 Å². The molecule has 17 heteroatoms. The average Bonchev–Trinajstić information content (AvgIpc) is 3.41. The number of anilines is 2. The van der Waals surface area contributed by atoms with Crippen LogP contribution in [0, 0.1) is 11.3 Å². The molecule has 2 atom stereocenters. The molecular weight excluding hydrogens is 598 g/mol. The summed E-state index contributed by atoms with van der Waals surface area (Å²) in [7, 11) is 0. The topological polar surface area (TPSA) is 133 Å². The van der Waals surface area contributed by atoms with Crippen LogP contribution in [0.3, 0.4) is 0 Å². The van der Waals surface area contributed by atoms with Gasteiger partial charge in [-0.1, -0.05) is 12.0 Å². The number of tetrazole rings is 1. The Morgan fingerprint density at radius 3 is 2.50 bits per heavy atom. The lowest BCUT2D eigenvalue weighted by atomic mass is 9.91. The third kappa shape index (κ3) is 7.01. The number of rotatable bonds is 8. The molecule has 0 spiro atoms. The van der Waals surface area contributed by atoms with Crippen molar-refractivity contribution in [2.24, 2.45) is 0 Å². The molecule has 11 nitrogen and oxygen atoms in total. The van der Waals surface area contributed by atoms with Crippen molar-refractivity contribution in [1.82, 2.24) is 25.2 Å². The first-order chi connectivity index (χ1) is 20.7. The summed E-state index contributed by atoms with van der Waals surface area (Å²) in [5, 5.41) is 30.7. The maximum atomic E-state index is 13.9. The van der Waals surface area contributed by atoms with Gasteiger partial charge in [0.05, 0.1) is 53.9 Å². The zero-order valence-electron chi connectivity index (χ0n) is 23.8.